The molecule has 1 atom stereocenters. The fraction of sp³-hybridized carbons (Fsp3) is 0.200. The zero-order valence-electron chi connectivity index (χ0n) is 10.9. The number of nitrogen functional groups attached to an aromatic ring is 1. The molecule has 5 heteroatoms. The lowest BCUT2D eigenvalue weighted by Gasteiger charge is -2.18. The van der Waals surface area contributed by atoms with E-state index in [1.54, 1.807) is 6.07 Å². The summed E-state index contributed by atoms with van der Waals surface area (Å²) in [6.45, 7) is 1.89. The first-order valence-corrected chi connectivity index (χ1v) is 6.16. The van der Waals surface area contributed by atoms with E-state index in [2.05, 4.69) is 5.32 Å². The van der Waals surface area contributed by atoms with E-state index in [9.17, 15) is 13.2 Å². The van der Waals surface area contributed by atoms with Crippen LogP contribution in [0.5, 0.6) is 0 Å². The molecule has 106 valence electrons. The number of rotatable bonds is 3. The van der Waals surface area contributed by atoms with E-state index >= 15 is 0 Å². The van der Waals surface area contributed by atoms with Gasteiger partial charge in [-0.15, -0.1) is 0 Å². The Hall–Kier alpha value is -2.17. The summed E-state index contributed by atoms with van der Waals surface area (Å²) in [5.41, 5.74) is 5.67. The molecule has 0 fully saturated rings. The molecule has 0 amide bonds. The lowest BCUT2D eigenvalue weighted by Crippen LogP contribution is -2.11. The van der Waals surface area contributed by atoms with E-state index in [0.29, 0.717) is 5.69 Å². The minimum atomic E-state index is -4.45. The highest BCUT2D eigenvalue weighted by Gasteiger charge is 2.33. The standard InChI is InChI=1S/C15H15F3N2/c1-10(11-5-3-2-4-6-11)20-12-7-8-14(19)13(9-12)15(16,17)18/h2-10,20H,19H2,1H3. The average Bonchev–Trinajstić information content (AvgIpc) is 2.40. The van der Waals surface area contributed by atoms with Gasteiger partial charge in [0.1, 0.15) is 0 Å². The first-order chi connectivity index (χ1) is 9.38. The van der Waals surface area contributed by atoms with Crippen LogP contribution in [0.4, 0.5) is 24.5 Å². The fourth-order valence-electron chi connectivity index (χ4n) is 1.97. The number of nitrogens with two attached hydrogens (primary N) is 1. The van der Waals surface area contributed by atoms with E-state index in [1.165, 1.54) is 6.07 Å². The molecule has 1 unspecified atom stereocenters. The summed E-state index contributed by atoms with van der Waals surface area (Å²) in [7, 11) is 0. The lowest BCUT2D eigenvalue weighted by molar-refractivity contribution is -0.136. The van der Waals surface area contributed by atoms with E-state index in [4.69, 9.17) is 5.73 Å². The molecule has 0 saturated carbocycles. The molecule has 2 rings (SSSR count). The highest BCUT2D eigenvalue weighted by molar-refractivity contribution is 5.59. The number of alkyl halides is 3. The maximum atomic E-state index is 12.8. The molecule has 0 bridgehead atoms. The lowest BCUT2D eigenvalue weighted by atomic mass is 10.1. The smallest absolute Gasteiger partial charge is 0.398 e. The van der Waals surface area contributed by atoms with Crippen molar-refractivity contribution in [1.29, 1.82) is 0 Å². The number of hydrogen-bond acceptors (Lipinski definition) is 2. The molecule has 0 spiro atoms. The van der Waals surface area contributed by atoms with Crippen LogP contribution in [0.2, 0.25) is 0 Å². The average molecular weight is 280 g/mol. The molecule has 2 nitrogen and oxygen atoms in total. The number of anilines is 2. The van der Waals surface area contributed by atoms with Crippen LogP contribution in [0.15, 0.2) is 48.5 Å². The second kappa shape index (κ2) is 5.45. The first kappa shape index (κ1) is 14.2. The number of halogens is 3. The normalized spacial score (nSPS) is 13.0. The summed E-state index contributed by atoms with van der Waals surface area (Å²) in [5, 5.41) is 3.04. The van der Waals surface area contributed by atoms with Gasteiger partial charge < -0.3 is 11.1 Å². The van der Waals surface area contributed by atoms with Gasteiger partial charge in [-0.3, -0.25) is 0 Å². The van der Waals surface area contributed by atoms with Gasteiger partial charge in [0.25, 0.3) is 0 Å². The van der Waals surface area contributed by atoms with Crippen molar-refractivity contribution in [3.8, 4) is 0 Å². The zero-order chi connectivity index (χ0) is 14.8. The van der Waals surface area contributed by atoms with Crippen LogP contribution in [-0.4, -0.2) is 0 Å². The Labute approximate surface area is 115 Å². The molecule has 0 aliphatic carbocycles. The van der Waals surface area contributed by atoms with Crippen LogP contribution in [-0.2, 0) is 6.18 Å². The third kappa shape index (κ3) is 3.23. The summed E-state index contributed by atoms with van der Waals surface area (Å²) >= 11 is 0. The summed E-state index contributed by atoms with van der Waals surface area (Å²) in [6, 6.07) is 13.2. The topological polar surface area (TPSA) is 38.0 Å². The Kier molecular flexibility index (Phi) is 3.88. The van der Waals surface area contributed by atoms with Gasteiger partial charge >= 0.3 is 6.18 Å². The molecule has 3 N–H and O–H groups in total. The zero-order valence-corrected chi connectivity index (χ0v) is 10.9. The quantitative estimate of drug-likeness (QED) is 0.814. The number of hydrogen-bond donors (Lipinski definition) is 2. The Bertz CT molecular complexity index is 579. The second-order valence-corrected chi connectivity index (χ2v) is 4.58. The summed E-state index contributed by atoms with van der Waals surface area (Å²) < 4.78 is 38.3. The van der Waals surface area contributed by atoms with Crippen molar-refractivity contribution in [2.24, 2.45) is 0 Å². The Morgan fingerprint density at radius 1 is 1.05 bits per heavy atom. The van der Waals surface area contributed by atoms with Crippen molar-refractivity contribution in [2.45, 2.75) is 19.1 Å². The van der Waals surface area contributed by atoms with Gasteiger partial charge in [0.2, 0.25) is 0 Å². The van der Waals surface area contributed by atoms with Gasteiger partial charge in [-0.1, -0.05) is 30.3 Å². The van der Waals surface area contributed by atoms with E-state index in [-0.39, 0.29) is 11.7 Å². The van der Waals surface area contributed by atoms with Crippen molar-refractivity contribution in [3.63, 3.8) is 0 Å². The van der Waals surface area contributed by atoms with Crippen molar-refractivity contribution in [1.82, 2.24) is 0 Å². The molecular formula is C15H15F3N2. The van der Waals surface area contributed by atoms with Crippen molar-refractivity contribution in [2.75, 3.05) is 11.1 Å². The molecule has 0 aromatic heterocycles. The summed E-state index contributed by atoms with van der Waals surface area (Å²) in [6.07, 6.45) is -4.45. The highest BCUT2D eigenvalue weighted by Crippen LogP contribution is 2.35. The SMILES string of the molecule is CC(Nc1ccc(N)c(C(F)(F)F)c1)c1ccccc1. The molecular weight excluding hydrogens is 265 g/mol. The molecule has 0 aliphatic rings. The molecule has 2 aromatic carbocycles. The van der Waals surface area contributed by atoms with Crippen LogP contribution in [0, 0.1) is 0 Å². The van der Waals surface area contributed by atoms with Crippen LogP contribution in [0.25, 0.3) is 0 Å². The summed E-state index contributed by atoms with van der Waals surface area (Å²) in [4.78, 5) is 0. The third-order valence-corrected chi connectivity index (χ3v) is 3.04. The largest absolute Gasteiger partial charge is 0.418 e. The van der Waals surface area contributed by atoms with Crippen LogP contribution in [0.3, 0.4) is 0 Å². The van der Waals surface area contributed by atoms with Crippen molar-refractivity contribution < 1.29 is 13.2 Å². The Balaban J connectivity index is 2.22. The molecule has 0 aliphatic heterocycles. The monoisotopic (exact) mass is 280 g/mol. The molecule has 20 heavy (non-hydrogen) atoms. The minimum Gasteiger partial charge on any atom is -0.398 e. The van der Waals surface area contributed by atoms with Crippen molar-refractivity contribution in [3.05, 3.63) is 59.7 Å². The van der Waals surface area contributed by atoms with E-state index in [1.807, 2.05) is 37.3 Å². The minimum absolute atomic E-state index is 0.0964. The van der Waals surface area contributed by atoms with Crippen LogP contribution >= 0.6 is 0 Å². The van der Waals surface area contributed by atoms with Gasteiger partial charge in [0, 0.05) is 17.4 Å². The van der Waals surface area contributed by atoms with Gasteiger partial charge in [-0.2, -0.15) is 13.2 Å². The van der Waals surface area contributed by atoms with Gasteiger partial charge in [-0.25, -0.2) is 0 Å². The fourth-order valence-corrected chi connectivity index (χ4v) is 1.97. The molecule has 0 radical (unpaired) electrons. The van der Waals surface area contributed by atoms with E-state index in [0.717, 1.165) is 11.6 Å². The van der Waals surface area contributed by atoms with Gasteiger partial charge in [0.15, 0.2) is 0 Å². The van der Waals surface area contributed by atoms with Crippen LogP contribution in [0.1, 0.15) is 24.1 Å². The first-order valence-electron chi connectivity index (χ1n) is 6.16. The molecule has 0 saturated heterocycles. The second-order valence-electron chi connectivity index (χ2n) is 4.58. The van der Waals surface area contributed by atoms with Gasteiger partial charge in [-0.05, 0) is 30.7 Å². The predicted octanol–water partition coefficient (Wildman–Crippen LogP) is 4.46. The number of nitrogens with one attached hydrogen (secondary N) is 1. The predicted molar refractivity (Wildman–Crippen MR) is 74.3 cm³/mol. The van der Waals surface area contributed by atoms with Crippen molar-refractivity contribution >= 4 is 11.4 Å². The third-order valence-electron chi connectivity index (χ3n) is 3.04. The number of benzene rings is 2. The maximum Gasteiger partial charge on any atom is 0.418 e. The van der Waals surface area contributed by atoms with Crippen LogP contribution < -0.4 is 11.1 Å². The molecule has 2 aromatic rings. The summed E-state index contributed by atoms with van der Waals surface area (Å²) in [5.74, 6) is 0. The Morgan fingerprint density at radius 2 is 1.70 bits per heavy atom. The molecule has 0 heterocycles. The maximum absolute atomic E-state index is 12.8. The Morgan fingerprint density at radius 3 is 2.30 bits per heavy atom. The van der Waals surface area contributed by atoms with E-state index < -0.39 is 11.7 Å². The van der Waals surface area contributed by atoms with Gasteiger partial charge in [0.05, 0.1) is 5.56 Å². The highest BCUT2D eigenvalue weighted by atomic mass is 19.4.